The number of carbonyl (C=O) groups is 1. The molecule has 2 rings (SSSR count). The van der Waals surface area contributed by atoms with Crippen molar-refractivity contribution in [3.8, 4) is 0 Å². The van der Waals surface area contributed by atoms with E-state index in [1.807, 2.05) is 19.1 Å². The van der Waals surface area contributed by atoms with Gasteiger partial charge in [-0.3, -0.25) is 0 Å². The van der Waals surface area contributed by atoms with Crippen LogP contribution in [0.5, 0.6) is 0 Å². The molecule has 0 bridgehead atoms. The van der Waals surface area contributed by atoms with E-state index < -0.39 is 0 Å². The Balaban J connectivity index is 1.88. The molecular formula is C14H18Cl2N2O2. The lowest BCUT2D eigenvalue weighted by atomic mass is 10.1. The van der Waals surface area contributed by atoms with Crippen molar-refractivity contribution < 1.29 is 9.53 Å². The summed E-state index contributed by atoms with van der Waals surface area (Å²) in [7, 11) is 0. The smallest absolute Gasteiger partial charge is 0.409 e. The molecule has 1 amide bonds. The van der Waals surface area contributed by atoms with Gasteiger partial charge in [0, 0.05) is 19.1 Å². The predicted molar refractivity (Wildman–Crippen MR) is 81.7 cm³/mol. The third kappa shape index (κ3) is 3.70. The predicted octanol–water partition coefficient (Wildman–Crippen LogP) is 4.03. The Hall–Kier alpha value is -1.13. The molecule has 0 atom stereocenters. The Morgan fingerprint density at radius 3 is 2.75 bits per heavy atom. The van der Waals surface area contributed by atoms with Crippen molar-refractivity contribution in [3.63, 3.8) is 0 Å². The summed E-state index contributed by atoms with van der Waals surface area (Å²) in [5, 5.41) is 4.47. The minimum atomic E-state index is -0.230. The fourth-order valence-corrected chi connectivity index (χ4v) is 2.61. The molecule has 1 aromatic rings. The van der Waals surface area contributed by atoms with Gasteiger partial charge >= 0.3 is 6.09 Å². The first kappa shape index (κ1) is 15.3. The zero-order chi connectivity index (χ0) is 14.5. The molecule has 0 saturated carbocycles. The van der Waals surface area contributed by atoms with Crippen LogP contribution in [0.3, 0.4) is 0 Å². The summed E-state index contributed by atoms with van der Waals surface area (Å²) in [5.41, 5.74) is 0.841. The highest BCUT2D eigenvalue weighted by atomic mass is 35.5. The number of carbonyl (C=O) groups excluding carboxylic acids is 1. The minimum absolute atomic E-state index is 0.230. The number of hydrogen-bond acceptors (Lipinski definition) is 3. The molecule has 0 aromatic heterocycles. The van der Waals surface area contributed by atoms with Crippen LogP contribution in [0.1, 0.15) is 19.8 Å². The monoisotopic (exact) mass is 316 g/mol. The van der Waals surface area contributed by atoms with Crippen molar-refractivity contribution >= 4 is 35.0 Å². The molecule has 1 N–H and O–H groups in total. The standard InChI is InChI=1S/C14H18Cl2N2O2/c1-2-20-14(19)18-8-6-10(7-9-18)17-12-5-3-4-11(15)13(12)16/h3-5,10,17H,2,6-9H2,1H3. The third-order valence-electron chi connectivity index (χ3n) is 3.33. The van der Waals surface area contributed by atoms with E-state index in [9.17, 15) is 4.79 Å². The van der Waals surface area contributed by atoms with Gasteiger partial charge in [-0.1, -0.05) is 29.3 Å². The molecule has 4 nitrogen and oxygen atoms in total. The van der Waals surface area contributed by atoms with E-state index in [0.29, 0.717) is 29.7 Å². The van der Waals surface area contributed by atoms with Crippen LogP contribution in [-0.2, 0) is 4.74 Å². The van der Waals surface area contributed by atoms with Crippen molar-refractivity contribution in [2.24, 2.45) is 0 Å². The average Bonchev–Trinajstić information content (AvgIpc) is 2.45. The van der Waals surface area contributed by atoms with Gasteiger partial charge in [-0.05, 0) is 31.9 Å². The lowest BCUT2D eigenvalue weighted by Crippen LogP contribution is -2.42. The van der Waals surface area contributed by atoms with Crippen LogP contribution in [0.2, 0.25) is 10.0 Å². The Kier molecular flexibility index (Phi) is 5.38. The second kappa shape index (κ2) is 7.04. The molecule has 1 aromatic carbocycles. The summed E-state index contributed by atoms with van der Waals surface area (Å²) in [4.78, 5) is 13.3. The van der Waals surface area contributed by atoms with Gasteiger partial charge < -0.3 is 15.0 Å². The summed E-state index contributed by atoms with van der Waals surface area (Å²) in [6, 6.07) is 5.82. The van der Waals surface area contributed by atoms with E-state index in [-0.39, 0.29) is 12.1 Å². The fraction of sp³-hybridized carbons (Fsp3) is 0.500. The number of anilines is 1. The largest absolute Gasteiger partial charge is 0.450 e. The quantitative estimate of drug-likeness (QED) is 0.915. The SMILES string of the molecule is CCOC(=O)N1CCC(Nc2cccc(Cl)c2Cl)CC1. The van der Waals surface area contributed by atoms with Gasteiger partial charge in [0.1, 0.15) is 0 Å². The summed E-state index contributed by atoms with van der Waals surface area (Å²) in [5.74, 6) is 0. The molecule has 6 heteroatoms. The molecule has 1 aliphatic rings. The van der Waals surface area contributed by atoms with Crippen molar-refractivity contribution in [1.29, 1.82) is 0 Å². The molecule has 0 unspecified atom stereocenters. The van der Waals surface area contributed by atoms with E-state index >= 15 is 0 Å². The van der Waals surface area contributed by atoms with Crippen molar-refractivity contribution in [3.05, 3.63) is 28.2 Å². The Bertz CT molecular complexity index is 474. The molecule has 110 valence electrons. The summed E-state index contributed by atoms with van der Waals surface area (Å²) < 4.78 is 5.00. The molecule has 1 heterocycles. The zero-order valence-corrected chi connectivity index (χ0v) is 12.9. The van der Waals surface area contributed by atoms with E-state index in [4.69, 9.17) is 27.9 Å². The van der Waals surface area contributed by atoms with Gasteiger partial charge in [0.05, 0.1) is 22.3 Å². The molecule has 1 aliphatic heterocycles. The molecule has 0 radical (unpaired) electrons. The number of rotatable bonds is 3. The maximum Gasteiger partial charge on any atom is 0.409 e. The van der Waals surface area contributed by atoms with Crippen LogP contribution in [0.25, 0.3) is 0 Å². The van der Waals surface area contributed by atoms with Gasteiger partial charge in [-0.15, -0.1) is 0 Å². The van der Waals surface area contributed by atoms with E-state index in [1.54, 1.807) is 11.0 Å². The molecule has 0 spiro atoms. The van der Waals surface area contributed by atoms with Gasteiger partial charge in [0.25, 0.3) is 0 Å². The van der Waals surface area contributed by atoms with Gasteiger partial charge in [-0.25, -0.2) is 4.79 Å². The number of piperidine rings is 1. The van der Waals surface area contributed by atoms with Gasteiger partial charge in [0.2, 0.25) is 0 Å². The van der Waals surface area contributed by atoms with Crippen LogP contribution in [0.15, 0.2) is 18.2 Å². The lowest BCUT2D eigenvalue weighted by molar-refractivity contribution is 0.0983. The molecule has 0 aliphatic carbocycles. The lowest BCUT2D eigenvalue weighted by Gasteiger charge is -2.32. The number of nitrogens with zero attached hydrogens (tertiary/aromatic N) is 1. The Morgan fingerprint density at radius 1 is 1.40 bits per heavy atom. The number of benzene rings is 1. The van der Waals surface area contributed by atoms with Crippen LogP contribution in [0.4, 0.5) is 10.5 Å². The maximum absolute atomic E-state index is 11.6. The van der Waals surface area contributed by atoms with Gasteiger partial charge in [0.15, 0.2) is 0 Å². The van der Waals surface area contributed by atoms with Crippen LogP contribution in [-0.4, -0.2) is 36.7 Å². The Morgan fingerprint density at radius 2 is 2.10 bits per heavy atom. The van der Waals surface area contributed by atoms with E-state index in [0.717, 1.165) is 18.5 Å². The topological polar surface area (TPSA) is 41.6 Å². The first-order valence-corrected chi connectivity index (χ1v) is 7.49. The number of likely N-dealkylation sites (tertiary alicyclic amines) is 1. The average molecular weight is 317 g/mol. The van der Waals surface area contributed by atoms with E-state index in [2.05, 4.69) is 5.32 Å². The number of halogens is 2. The second-order valence-electron chi connectivity index (χ2n) is 4.71. The summed E-state index contributed by atoms with van der Waals surface area (Å²) in [6.45, 7) is 3.60. The molecule has 20 heavy (non-hydrogen) atoms. The first-order valence-electron chi connectivity index (χ1n) is 6.74. The maximum atomic E-state index is 11.6. The number of nitrogens with one attached hydrogen (secondary N) is 1. The molecule has 1 saturated heterocycles. The second-order valence-corrected chi connectivity index (χ2v) is 5.49. The first-order chi connectivity index (χ1) is 9.61. The number of ether oxygens (including phenoxy) is 1. The highest BCUT2D eigenvalue weighted by molar-refractivity contribution is 6.43. The van der Waals surface area contributed by atoms with E-state index in [1.165, 1.54) is 0 Å². The minimum Gasteiger partial charge on any atom is -0.450 e. The van der Waals surface area contributed by atoms with Crippen LogP contribution < -0.4 is 5.32 Å². The fourth-order valence-electron chi connectivity index (χ4n) is 2.26. The van der Waals surface area contributed by atoms with Crippen molar-refractivity contribution in [2.75, 3.05) is 25.0 Å². The highest BCUT2D eigenvalue weighted by Crippen LogP contribution is 2.31. The molecule has 1 fully saturated rings. The zero-order valence-electron chi connectivity index (χ0n) is 11.4. The van der Waals surface area contributed by atoms with Crippen LogP contribution >= 0.6 is 23.2 Å². The van der Waals surface area contributed by atoms with Crippen LogP contribution in [0, 0.1) is 0 Å². The Labute approximate surface area is 129 Å². The summed E-state index contributed by atoms with van der Waals surface area (Å²) in [6.07, 6.45) is 1.50. The number of hydrogen-bond donors (Lipinski definition) is 1. The normalized spacial score (nSPS) is 16.1. The summed E-state index contributed by atoms with van der Waals surface area (Å²) >= 11 is 12.1. The highest BCUT2D eigenvalue weighted by Gasteiger charge is 2.23. The number of amides is 1. The van der Waals surface area contributed by atoms with Crippen molar-refractivity contribution in [1.82, 2.24) is 4.90 Å². The van der Waals surface area contributed by atoms with Crippen molar-refractivity contribution in [2.45, 2.75) is 25.8 Å². The molecular weight excluding hydrogens is 299 g/mol. The van der Waals surface area contributed by atoms with Gasteiger partial charge in [-0.2, -0.15) is 0 Å². The third-order valence-corrected chi connectivity index (χ3v) is 4.15.